The first-order chi connectivity index (χ1) is 12.9. The summed E-state index contributed by atoms with van der Waals surface area (Å²) in [4.78, 5) is 0.157. The number of hydrogen-bond donors (Lipinski definition) is 1. The average Bonchev–Trinajstić information content (AvgIpc) is 2.95. The van der Waals surface area contributed by atoms with Gasteiger partial charge < -0.3 is 9.26 Å². The summed E-state index contributed by atoms with van der Waals surface area (Å²) < 4.78 is 39.8. The van der Waals surface area contributed by atoms with Gasteiger partial charge in [-0.2, -0.15) is 0 Å². The van der Waals surface area contributed by atoms with E-state index in [0.29, 0.717) is 11.5 Å². The molecule has 1 heterocycles. The molecule has 1 aromatic carbocycles. The number of aromatic nitrogens is 1. The minimum Gasteiger partial charge on any atom is -0.495 e. The molecule has 0 atom stereocenters. The predicted octanol–water partition coefficient (Wildman–Crippen LogP) is 4.36. The molecule has 1 aliphatic rings. The molecule has 1 fully saturated rings. The van der Waals surface area contributed by atoms with Crippen LogP contribution in [0.5, 0.6) is 5.75 Å². The molecule has 1 aromatic heterocycles. The van der Waals surface area contributed by atoms with Gasteiger partial charge in [0, 0.05) is 11.6 Å². The third-order valence-electron chi connectivity index (χ3n) is 5.20. The second-order valence-corrected chi connectivity index (χ2v) is 8.91. The Kier molecular flexibility index (Phi) is 6.22. The van der Waals surface area contributed by atoms with Crippen molar-refractivity contribution in [1.82, 2.24) is 9.88 Å². The summed E-state index contributed by atoms with van der Waals surface area (Å²) in [5.74, 6) is 0.998. The fourth-order valence-corrected chi connectivity index (χ4v) is 5.29. The van der Waals surface area contributed by atoms with Crippen molar-refractivity contribution in [3.05, 3.63) is 29.7 Å². The molecule has 0 amide bonds. The maximum atomic E-state index is 13.1. The number of methoxy groups -OCH3 is 1. The van der Waals surface area contributed by atoms with Crippen molar-refractivity contribution in [3.63, 3.8) is 0 Å². The first kappa shape index (κ1) is 19.9. The molecular weight excluding hydrogens is 364 g/mol. The first-order valence-electron chi connectivity index (χ1n) is 9.56. The van der Waals surface area contributed by atoms with Crippen molar-refractivity contribution < 1.29 is 17.7 Å². The molecule has 0 bridgehead atoms. The molecule has 0 unspecified atom stereocenters. The van der Waals surface area contributed by atoms with E-state index in [4.69, 9.17) is 9.26 Å². The SMILES string of the molecule is COc1ccc(-c2c(C)noc2C)cc1S(=O)(=O)NC1CCCCCCC1. The Morgan fingerprint density at radius 3 is 2.37 bits per heavy atom. The van der Waals surface area contributed by atoms with Gasteiger partial charge >= 0.3 is 0 Å². The van der Waals surface area contributed by atoms with Crippen LogP contribution in [0.1, 0.15) is 56.4 Å². The maximum Gasteiger partial charge on any atom is 0.244 e. The highest BCUT2D eigenvalue weighted by Crippen LogP contribution is 2.33. The molecule has 27 heavy (non-hydrogen) atoms. The molecule has 2 aromatic rings. The topological polar surface area (TPSA) is 81.4 Å². The predicted molar refractivity (Wildman–Crippen MR) is 104 cm³/mol. The van der Waals surface area contributed by atoms with Gasteiger partial charge in [-0.15, -0.1) is 0 Å². The highest BCUT2D eigenvalue weighted by Gasteiger charge is 2.25. The standard InChI is InChI=1S/C20H28N2O4S/c1-14-20(15(2)26-21-14)16-11-12-18(25-3)19(13-16)27(23,24)22-17-9-7-5-4-6-8-10-17/h11-13,17,22H,4-10H2,1-3H3. The fourth-order valence-electron chi connectivity index (χ4n) is 3.79. The van der Waals surface area contributed by atoms with Crippen molar-refractivity contribution in [1.29, 1.82) is 0 Å². The zero-order valence-electron chi connectivity index (χ0n) is 16.2. The van der Waals surface area contributed by atoms with Crippen LogP contribution in [0.2, 0.25) is 0 Å². The summed E-state index contributed by atoms with van der Waals surface area (Å²) in [6.07, 6.45) is 7.46. The third-order valence-corrected chi connectivity index (χ3v) is 6.74. The lowest BCUT2D eigenvalue weighted by atomic mass is 9.97. The summed E-state index contributed by atoms with van der Waals surface area (Å²) in [6.45, 7) is 3.66. The number of ether oxygens (including phenoxy) is 1. The molecule has 0 radical (unpaired) electrons. The van der Waals surface area contributed by atoms with Gasteiger partial charge in [0.25, 0.3) is 0 Å². The van der Waals surface area contributed by atoms with E-state index in [1.165, 1.54) is 26.4 Å². The van der Waals surface area contributed by atoms with E-state index in [1.54, 1.807) is 12.1 Å². The lowest BCUT2D eigenvalue weighted by Gasteiger charge is -2.22. The van der Waals surface area contributed by atoms with Gasteiger partial charge in [0.1, 0.15) is 16.4 Å². The minimum atomic E-state index is -3.70. The van der Waals surface area contributed by atoms with Crippen LogP contribution in [-0.4, -0.2) is 26.7 Å². The Balaban J connectivity index is 1.94. The van der Waals surface area contributed by atoms with Gasteiger partial charge in [0.2, 0.25) is 10.0 Å². The first-order valence-corrected chi connectivity index (χ1v) is 11.0. The third kappa shape index (κ3) is 4.52. The van der Waals surface area contributed by atoms with Crippen LogP contribution in [0.15, 0.2) is 27.6 Å². The van der Waals surface area contributed by atoms with E-state index < -0.39 is 10.0 Å². The summed E-state index contributed by atoms with van der Waals surface area (Å²) in [7, 11) is -2.21. The van der Waals surface area contributed by atoms with Gasteiger partial charge in [-0.3, -0.25) is 0 Å². The monoisotopic (exact) mass is 392 g/mol. The molecule has 7 heteroatoms. The Morgan fingerprint density at radius 2 is 1.78 bits per heavy atom. The molecule has 1 aliphatic carbocycles. The summed E-state index contributed by atoms with van der Waals surface area (Å²) >= 11 is 0. The van der Waals surface area contributed by atoms with Crippen LogP contribution in [0, 0.1) is 13.8 Å². The molecule has 0 spiro atoms. The van der Waals surface area contributed by atoms with Gasteiger partial charge in [-0.1, -0.05) is 43.3 Å². The number of rotatable bonds is 5. The quantitative estimate of drug-likeness (QED) is 0.818. The van der Waals surface area contributed by atoms with Crippen LogP contribution in [-0.2, 0) is 10.0 Å². The number of benzene rings is 1. The van der Waals surface area contributed by atoms with Gasteiger partial charge in [-0.05, 0) is 44.4 Å². The molecule has 1 saturated carbocycles. The Hall–Kier alpha value is -1.86. The van der Waals surface area contributed by atoms with E-state index in [1.807, 2.05) is 19.9 Å². The van der Waals surface area contributed by atoms with E-state index >= 15 is 0 Å². The molecule has 6 nitrogen and oxygen atoms in total. The zero-order valence-corrected chi connectivity index (χ0v) is 17.1. The largest absolute Gasteiger partial charge is 0.495 e. The van der Waals surface area contributed by atoms with Crippen molar-refractivity contribution in [2.75, 3.05) is 7.11 Å². The van der Waals surface area contributed by atoms with E-state index in [2.05, 4.69) is 9.88 Å². The number of sulfonamides is 1. The molecule has 0 saturated heterocycles. The maximum absolute atomic E-state index is 13.1. The zero-order chi connectivity index (χ0) is 19.4. The summed E-state index contributed by atoms with van der Waals surface area (Å²) in [5, 5.41) is 3.97. The van der Waals surface area contributed by atoms with E-state index in [9.17, 15) is 8.42 Å². The van der Waals surface area contributed by atoms with E-state index in [0.717, 1.165) is 42.5 Å². The fraction of sp³-hybridized carbons (Fsp3) is 0.550. The smallest absolute Gasteiger partial charge is 0.244 e. The van der Waals surface area contributed by atoms with Crippen LogP contribution in [0.3, 0.4) is 0 Å². The van der Waals surface area contributed by atoms with Crippen molar-refractivity contribution in [3.8, 4) is 16.9 Å². The Labute approximate surface area is 161 Å². The molecular formula is C20H28N2O4S. The van der Waals surface area contributed by atoms with Crippen LogP contribution in [0.4, 0.5) is 0 Å². The minimum absolute atomic E-state index is 0.0253. The van der Waals surface area contributed by atoms with Crippen molar-refractivity contribution in [2.24, 2.45) is 0 Å². The Bertz CT molecular complexity index is 862. The number of nitrogens with zero attached hydrogens (tertiary/aromatic N) is 1. The molecule has 0 aliphatic heterocycles. The molecule has 148 valence electrons. The van der Waals surface area contributed by atoms with Crippen molar-refractivity contribution in [2.45, 2.75) is 69.7 Å². The summed E-state index contributed by atoms with van der Waals surface area (Å²) in [6, 6.07) is 5.15. The van der Waals surface area contributed by atoms with Crippen LogP contribution in [0.25, 0.3) is 11.1 Å². The van der Waals surface area contributed by atoms with Crippen LogP contribution >= 0.6 is 0 Å². The second kappa shape index (κ2) is 8.44. The highest BCUT2D eigenvalue weighted by atomic mass is 32.2. The second-order valence-electron chi connectivity index (χ2n) is 7.23. The molecule has 1 N–H and O–H groups in total. The normalized spacial score (nSPS) is 16.7. The number of hydrogen-bond acceptors (Lipinski definition) is 5. The van der Waals surface area contributed by atoms with Crippen molar-refractivity contribution >= 4 is 10.0 Å². The lowest BCUT2D eigenvalue weighted by Crippen LogP contribution is -2.35. The Morgan fingerprint density at radius 1 is 1.11 bits per heavy atom. The summed E-state index contributed by atoms with van der Waals surface area (Å²) in [5.41, 5.74) is 2.30. The number of aryl methyl sites for hydroxylation is 2. The van der Waals surface area contributed by atoms with E-state index in [-0.39, 0.29) is 10.9 Å². The van der Waals surface area contributed by atoms with Crippen LogP contribution < -0.4 is 9.46 Å². The molecule has 3 rings (SSSR count). The van der Waals surface area contributed by atoms with Gasteiger partial charge in [0.05, 0.1) is 12.8 Å². The average molecular weight is 393 g/mol. The number of nitrogens with one attached hydrogen (secondary N) is 1. The van der Waals surface area contributed by atoms with Gasteiger partial charge in [-0.25, -0.2) is 13.1 Å². The van der Waals surface area contributed by atoms with Gasteiger partial charge in [0.15, 0.2) is 0 Å². The lowest BCUT2D eigenvalue weighted by molar-refractivity contribution is 0.393. The highest BCUT2D eigenvalue weighted by molar-refractivity contribution is 7.89.